The van der Waals surface area contributed by atoms with E-state index in [0.29, 0.717) is 18.0 Å². The average Bonchev–Trinajstić information content (AvgIpc) is 2.47. The van der Waals surface area contributed by atoms with E-state index in [1.54, 1.807) is 6.20 Å². The molecule has 2 heterocycles. The van der Waals surface area contributed by atoms with E-state index < -0.39 is 0 Å². The number of fused-ring (bicyclic) bond motifs is 1. The number of hydrogen-bond acceptors (Lipinski definition) is 4. The fraction of sp³-hybridized carbons (Fsp3) is 0.133. The highest BCUT2D eigenvalue weighted by molar-refractivity contribution is 5.86. The zero-order valence-corrected chi connectivity index (χ0v) is 11.1. The number of hydrogen-bond donors (Lipinski definition) is 1. The second kappa shape index (κ2) is 5.13. The van der Waals surface area contributed by atoms with Crippen LogP contribution in [0.3, 0.4) is 0 Å². The molecule has 0 unspecified atom stereocenters. The molecule has 0 fully saturated rings. The maximum absolute atomic E-state index is 11.6. The first-order valence-corrected chi connectivity index (χ1v) is 6.34. The minimum atomic E-state index is -0.383. The highest BCUT2D eigenvalue weighted by Crippen LogP contribution is 2.20. The molecule has 100 valence electrons. The SMILES string of the molecule is CN(Cc1ccccc1)c1nc(=O)[nH]c2ncccc12. The second-order valence-corrected chi connectivity index (χ2v) is 4.61. The Morgan fingerprint density at radius 2 is 1.95 bits per heavy atom. The minimum absolute atomic E-state index is 0.383. The van der Waals surface area contributed by atoms with E-state index in [4.69, 9.17) is 0 Å². The smallest absolute Gasteiger partial charge is 0.348 e. The quantitative estimate of drug-likeness (QED) is 0.787. The van der Waals surface area contributed by atoms with Crippen LogP contribution in [-0.4, -0.2) is 22.0 Å². The summed E-state index contributed by atoms with van der Waals surface area (Å²) in [7, 11) is 1.92. The lowest BCUT2D eigenvalue weighted by Crippen LogP contribution is -2.22. The van der Waals surface area contributed by atoms with Crippen LogP contribution >= 0.6 is 0 Å². The fourth-order valence-electron chi connectivity index (χ4n) is 2.19. The van der Waals surface area contributed by atoms with Crippen molar-refractivity contribution in [3.63, 3.8) is 0 Å². The molecule has 5 nitrogen and oxygen atoms in total. The number of anilines is 1. The zero-order chi connectivity index (χ0) is 13.9. The molecule has 0 radical (unpaired) electrons. The Morgan fingerprint density at radius 1 is 1.15 bits per heavy atom. The van der Waals surface area contributed by atoms with E-state index in [0.717, 1.165) is 10.9 Å². The Kier molecular flexibility index (Phi) is 3.16. The number of aromatic amines is 1. The molecule has 1 N–H and O–H groups in total. The number of aromatic nitrogens is 3. The van der Waals surface area contributed by atoms with Crippen molar-refractivity contribution in [2.75, 3.05) is 11.9 Å². The molecule has 0 amide bonds. The molecule has 0 bridgehead atoms. The number of nitrogens with one attached hydrogen (secondary N) is 1. The summed E-state index contributed by atoms with van der Waals surface area (Å²) in [6.07, 6.45) is 1.65. The summed E-state index contributed by atoms with van der Waals surface area (Å²) in [6.45, 7) is 0.682. The second-order valence-electron chi connectivity index (χ2n) is 4.61. The zero-order valence-electron chi connectivity index (χ0n) is 11.1. The summed E-state index contributed by atoms with van der Waals surface area (Å²) in [4.78, 5) is 24.5. The maximum atomic E-state index is 11.6. The van der Waals surface area contributed by atoms with Crippen LogP contribution in [0.5, 0.6) is 0 Å². The van der Waals surface area contributed by atoms with E-state index in [9.17, 15) is 4.79 Å². The Balaban J connectivity index is 2.03. The van der Waals surface area contributed by atoms with Crippen molar-refractivity contribution >= 4 is 16.9 Å². The van der Waals surface area contributed by atoms with Crippen LogP contribution in [0.4, 0.5) is 5.82 Å². The van der Waals surface area contributed by atoms with Gasteiger partial charge in [0, 0.05) is 19.8 Å². The molecule has 20 heavy (non-hydrogen) atoms. The monoisotopic (exact) mass is 266 g/mol. The first-order chi connectivity index (χ1) is 9.74. The third-order valence-electron chi connectivity index (χ3n) is 3.11. The van der Waals surface area contributed by atoms with Crippen molar-refractivity contribution in [3.8, 4) is 0 Å². The molecular formula is C15H14N4O. The van der Waals surface area contributed by atoms with Crippen LogP contribution in [0.2, 0.25) is 0 Å². The van der Waals surface area contributed by atoms with Crippen LogP contribution in [0.1, 0.15) is 5.56 Å². The highest BCUT2D eigenvalue weighted by Gasteiger charge is 2.10. The first kappa shape index (κ1) is 12.3. The van der Waals surface area contributed by atoms with Gasteiger partial charge < -0.3 is 4.90 Å². The number of nitrogens with zero attached hydrogens (tertiary/aromatic N) is 3. The van der Waals surface area contributed by atoms with E-state index >= 15 is 0 Å². The normalized spacial score (nSPS) is 10.7. The van der Waals surface area contributed by atoms with Crippen molar-refractivity contribution in [1.82, 2.24) is 15.0 Å². The maximum Gasteiger partial charge on any atom is 0.348 e. The molecule has 3 aromatic rings. The Labute approximate surface area is 115 Å². The summed E-state index contributed by atoms with van der Waals surface area (Å²) in [5, 5.41) is 0.838. The van der Waals surface area contributed by atoms with Gasteiger partial charge in [0.15, 0.2) is 0 Å². The van der Waals surface area contributed by atoms with Gasteiger partial charge in [0.05, 0.1) is 5.39 Å². The van der Waals surface area contributed by atoms with Gasteiger partial charge in [-0.2, -0.15) is 4.98 Å². The summed E-state index contributed by atoms with van der Waals surface area (Å²) in [5.41, 5.74) is 1.34. The third-order valence-corrected chi connectivity index (χ3v) is 3.11. The minimum Gasteiger partial charge on any atom is -0.355 e. The van der Waals surface area contributed by atoms with Crippen LogP contribution in [0, 0.1) is 0 Å². The largest absolute Gasteiger partial charge is 0.355 e. The Hall–Kier alpha value is -2.69. The molecule has 3 rings (SSSR count). The van der Waals surface area contributed by atoms with Gasteiger partial charge in [-0.15, -0.1) is 0 Å². The van der Waals surface area contributed by atoms with Gasteiger partial charge >= 0.3 is 5.69 Å². The Bertz CT molecular complexity index is 782. The average molecular weight is 266 g/mol. The molecule has 0 saturated carbocycles. The molecule has 0 aliphatic carbocycles. The van der Waals surface area contributed by atoms with Crippen molar-refractivity contribution in [3.05, 3.63) is 64.7 Å². The summed E-state index contributed by atoms with van der Waals surface area (Å²) in [5.74, 6) is 0.640. The molecule has 0 aliphatic heterocycles. The van der Waals surface area contributed by atoms with Crippen LogP contribution < -0.4 is 10.6 Å². The summed E-state index contributed by atoms with van der Waals surface area (Å²) in [6, 6.07) is 13.8. The van der Waals surface area contributed by atoms with Gasteiger partial charge in [-0.25, -0.2) is 9.78 Å². The lowest BCUT2D eigenvalue weighted by Gasteiger charge is -2.19. The summed E-state index contributed by atoms with van der Waals surface area (Å²) >= 11 is 0. The lowest BCUT2D eigenvalue weighted by molar-refractivity contribution is 0.890. The number of pyridine rings is 1. The van der Waals surface area contributed by atoms with E-state index in [1.165, 1.54) is 0 Å². The molecule has 2 aromatic heterocycles. The molecule has 1 aromatic carbocycles. The van der Waals surface area contributed by atoms with Crippen molar-refractivity contribution in [2.24, 2.45) is 0 Å². The van der Waals surface area contributed by atoms with Crippen molar-refractivity contribution in [1.29, 1.82) is 0 Å². The van der Waals surface area contributed by atoms with Gasteiger partial charge in [0.2, 0.25) is 0 Å². The van der Waals surface area contributed by atoms with E-state index in [2.05, 4.69) is 15.0 Å². The molecule has 0 spiro atoms. The molecular weight excluding hydrogens is 252 g/mol. The van der Waals surface area contributed by atoms with Crippen LogP contribution in [0.25, 0.3) is 11.0 Å². The number of rotatable bonds is 3. The predicted molar refractivity (Wildman–Crippen MR) is 78.7 cm³/mol. The number of H-pyrrole nitrogens is 1. The molecule has 5 heteroatoms. The standard InChI is InChI=1S/C15H14N4O/c1-19(10-11-6-3-2-4-7-11)14-12-8-5-9-16-13(12)17-15(20)18-14/h2-9H,10H2,1H3,(H,16,17,18,20). The van der Waals surface area contributed by atoms with Gasteiger partial charge in [-0.1, -0.05) is 30.3 Å². The topological polar surface area (TPSA) is 61.9 Å². The van der Waals surface area contributed by atoms with E-state index in [1.807, 2.05) is 54.4 Å². The lowest BCUT2D eigenvalue weighted by atomic mass is 10.2. The van der Waals surface area contributed by atoms with Gasteiger partial charge in [-0.05, 0) is 17.7 Å². The van der Waals surface area contributed by atoms with Crippen LogP contribution in [-0.2, 0) is 6.54 Å². The van der Waals surface area contributed by atoms with E-state index in [-0.39, 0.29) is 5.69 Å². The third kappa shape index (κ3) is 2.38. The highest BCUT2D eigenvalue weighted by atomic mass is 16.1. The van der Waals surface area contributed by atoms with Crippen LogP contribution in [0.15, 0.2) is 53.5 Å². The van der Waals surface area contributed by atoms with Gasteiger partial charge in [0.1, 0.15) is 11.5 Å². The Morgan fingerprint density at radius 3 is 2.75 bits per heavy atom. The van der Waals surface area contributed by atoms with Crippen molar-refractivity contribution < 1.29 is 0 Å². The van der Waals surface area contributed by atoms with Crippen molar-refractivity contribution in [2.45, 2.75) is 6.54 Å². The van der Waals surface area contributed by atoms with Gasteiger partial charge in [-0.3, -0.25) is 4.98 Å². The first-order valence-electron chi connectivity index (χ1n) is 6.34. The summed E-state index contributed by atoms with van der Waals surface area (Å²) < 4.78 is 0. The molecule has 0 saturated heterocycles. The molecule has 0 atom stereocenters. The fourth-order valence-corrected chi connectivity index (χ4v) is 2.19. The molecule has 0 aliphatic rings. The van der Waals surface area contributed by atoms with Gasteiger partial charge in [0.25, 0.3) is 0 Å². The predicted octanol–water partition coefficient (Wildman–Crippen LogP) is 1.95. The number of benzene rings is 1.